The minimum atomic E-state index is -0.371. The summed E-state index contributed by atoms with van der Waals surface area (Å²) in [6.45, 7) is 1.70. The number of carbonyl (C=O) groups excluding carboxylic acids is 1. The number of piperidine rings is 1. The number of fused-ring (bicyclic) bond motifs is 1. The molecule has 2 atom stereocenters. The lowest BCUT2D eigenvalue weighted by Crippen LogP contribution is -2.51. The van der Waals surface area contributed by atoms with Crippen LogP contribution in [0.3, 0.4) is 0 Å². The van der Waals surface area contributed by atoms with Crippen LogP contribution in [0.25, 0.3) is 0 Å². The number of nitrogens with zero attached hydrogens (tertiary/aromatic N) is 2. The maximum absolute atomic E-state index is 12.7. The fourth-order valence-electron chi connectivity index (χ4n) is 4.59. The maximum Gasteiger partial charge on any atom is 0.182 e. The number of aliphatic hydroxyl groups excluding tert-OH is 1. The van der Waals surface area contributed by atoms with Gasteiger partial charge in [-0.1, -0.05) is 12.1 Å². The fourth-order valence-corrected chi connectivity index (χ4v) is 4.59. The van der Waals surface area contributed by atoms with E-state index in [4.69, 9.17) is 5.73 Å². The summed E-state index contributed by atoms with van der Waals surface area (Å²) in [6.07, 6.45) is 4.70. The third kappa shape index (κ3) is 3.06. The van der Waals surface area contributed by atoms with E-state index < -0.39 is 0 Å². The molecule has 1 aromatic carbocycles. The molecule has 4 rings (SSSR count). The first-order valence-electron chi connectivity index (χ1n) is 9.48. The number of hydrogen-bond donors (Lipinski definition) is 2. The Bertz CT molecular complexity index is 805. The van der Waals surface area contributed by atoms with Gasteiger partial charge in [0.05, 0.1) is 11.8 Å². The van der Waals surface area contributed by atoms with Gasteiger partial charge in [-0.25, -0.2) is 0 Å². The van der Waals surface area contributed by atoms with Crippen molar-refractivity contribution in [1.82, 2.24) is 9.47 Å². The van der Waals surface area contributed by atoms with E-state index in [0.717, 1.165) is 43.7 Å². The van der Waals surface area contributed by atoms with Crippen molar-refractivity contribution in [3.8, 4) is 0 Å². The molecule has 138 valence electrons. The molecular weight excluding hydrogens is 326 g/mol. The average Bonchev–Trinajstić information content (AvgIpc) is 3.07. The van der Waals surface area contributed by atoms with Crippen molar-refractivity contribution in [3.05, 3.63) is 53.3 Å². The van der Waals surface area contributed by atoms with E-state index in [2.05, 4.69) is 11.0 Å². The zero-order valence-corrected chi connectivity index (χ0v) is 15.3. The van der Waals surface area contributed by atoms with Gasteiger partial charge in [0, 0.05) is 37.3 Å². The Morgan fingerprint density at radius 1 is 1.15 bits per heavy atom. The highest BCUT2D eigenvalue weighted by Crippen LogP contribution is 2.31. The van der Waals surface area contributed by atoms with Crippen molar-refractivity contribution < 1.29 is 9.90 Å². The van der Waals surface area contributed by atoms with Gasteiger partial charge < -0.3 is 15.4 Å². The molecular formula is C21H27N3O2. The van der Waals surface area contributed by atoms with Gasteiger partial charge in [0.1, 0.15) is 0 Å². The summed E-state index contributed by atoms with van der Waals surface area (Å²) in [5.74, 6) is 0.328. The van der Waals surface area contributed by atoms with E-state index in [9.17, 15) is 9.90 Å². The van der Waals surface area contributed by atoms with E-state index in [1.807, 2.05) is 42.1 Å². The van der Waals surface area contributed by atoms with Gasteiger partial charge in [0.25, 0.3) is 0 Å². The summed E-state index contributed by atoms with van der Waals surface area (Å²) >= 11 is 0. The third-order valence-corrected chi connectivity index (χ3v) is 6.16. The van der Waals surface area contributed by atoms with Crippen molar-refractivity contribution in [1.29, 1.82) is 0 Å². The van der Waals surface area contributed by atoms with E-state index in [1.54, 1.807) is 0 Å². The van der Waals surface area contributed by atoms with Gasteiger partial charge in [-0.2, -0.15) is 0 Å². The molecule has 0 bridgehead atoms. The molecule has 2 aliphatic rings. The lowest BCUT2D eigenvalue weighted by atomic mass is 9.82. The second-order valence-corrected chi connectivity index (χ2v) is 7.71. The van der Waals surface area contributed by atoms with E-state index >= 15 is 0 Å². The van der Waals surface area contributed by atoms with Gasteiger partial charge in [0.2, 0.25) is 0 Å². The van der Waals surface area contributed by atoms with Crippen molar-refractivity contribution in [3.63, 3.8) is 0 Å². The van der Waals surface area contributed by atoms with Crippen LogP contribution in [-0.4, -0.2) is 45.6 Å². The molecule has 5 nitrogen and oxygen atoms in total. The van der Waals surface area contributed by atoms with Crippen LogP contribution in [0.5, 0.6) is 0 Å². The van der Waals surface area contributed by atoms with Gasteiger partial charge in [0.15, 0.2) is 5.78 Å². The molecule has 1 aromatic heterocycles. The van der Waals surface area contributed by atoms with Crippen LogP contribution in [0.15, 0.2) is 36.5 Å². The van der Waals surface area contributed by atoms with Gasteiger partial charge in [-0.15, -0.1) is 0 Å². The highest BCUT2D eigenvalue weighted by molar-refractivity contribution is 5.96. The summed E-state index contributed by atoms with van der Waals surface area (Å²) < 4.78 is 1.90. The smallest absolute Gasteiger partial charge is 0.182 e. The number of aryl methyl sites for hydroxylation is 1. The average molecular weight is 353 g/mol. The SMILES string of the molecule is Cn1cccc1C(=O)C1CCN([C@@H]2Cc3c(N)cccc3C[C@H]2O)CC1. The molecule has 1 saturated heterocycles. The van der Waals surface area contributed by atoms with Crippen molar-refractivity contribution in [2.24, 2.45) is 13.0 Å². The van der Waals surface area contributed by atoms with Crippen LogP contribution >= 0.6 is 0 Å². The summed E-state index contributed by atoms with van der Waals surface area (Å²) in [5, 5.41) is 10.7. The van der Waals surface area contributed by atoms with Crippen molar-refractivity contribution in [2.75, 3.05) is 18.8 Å². The van der Waals surface area contributed by atoms with Crippen LogP contribution in [0.4, 0.5) is 5.69 Å². The van der Waals surface area contributed by atoms with E-state index in [1.165, 1.54) is 11.1 Å². The number of nitrogens with two attached hydrogens (primary N) is 1. The Kier molecular flexibility index (Phi) is 4.59. The van der Waals surface area contributed by atoms with Gasteiger partial charge >= 0.3 is 0 Å². The number of Topliss-reactive ketones (excluding diaryl/α,β-unsaturated/α-hetero) is 1. The second-order valence-electron chi connectivity index (χ2n) is 7.71. The number of nitrogen functional groups attached to an aromatic ring is 1. The molecule has 0 radical (unpaired) electrons. The number of rotatable bonds is 3. The first-order valence-corrected chi connectivity index (χ1v) is 9.48. The molecule has 0 amide bonds. The Balaban J connectivity index is 1.43. The van der Waals surface area contributed by atoms with Crippen LogP contribution in [0, 0.1) is 5.92 Å². The van der Waals surface area contributed by atoms with Crippen molar-refractivity contribution >= 4 is 11.5 Å². The normalized spacial score (nSPS) is 24.4. The predicted octanol–water partition coefficient (Wildman–Crippen LogP) is 2.03. The number of aromatic nitrogens is 1. The zero-order chi connectivity index (χ0) is 18.3. The standard InChI is InChI=1S/C21H27N3O2/c1-23-9-3-6-18(23)21(26)14-7-10-24(11-8-14)19-13-16-15(12-20(19)25)4-2-5-17(16)22/h2-6,9,14,19-20,25H,7-8,10-13,22H2,1H3/t19-,20-/m1/s1. The molecule has 2 heterocycles. The molecule has 0 spiro atoms. The first kappa shape index (κ1) is 17.3. The second kappa shape index (κ2) is 6.89. The lowest BCUT2D eigenvalue weighted by Gasteiger charge is -2.42. The minimum Gasteiger partial charge on any atom is -0.398 e. The van der Waals surface area contributed by atoms with Gasteiger partial charge in [-0.3, -0.25) is 9.69 Å². The molecule has 1 aliphatic heterocycles. The lowest BCUT2D eigenvalue weighted by molar-refractivity contribution is 0.0239. The van der Waals surface area contributed by atoms with Crippen LogP contribution in [0.2, 0.25) is 0 Å². The largest absolute Gasteiger partial charge is 0.398 e. The topological polar surface area (TPSA) is 71.5 Å². The first-order chi connectivity index (χ1) is 12.5. The molecule has 0 saturated carbocycles. The van der Waals surface area contributed by atoms with Gasteiger partial charge in [-0.05, 0) is 61.7 Å². The highest BCUT2D eigenvalue weighted by Gasteiger charge is 2.36. The number of benzene rings is 1. The minimum absolute atomic E-state index is 0.0814. The van der Waals surface area contributed by atoms with Crippen LogP contribution in [-0.2, 0) is 19.9 Å². The monoisotopic (exact) mass is 353 g/mol. The summed E-state index contributed by atoms with van der Waals surface area (Å²) in [6, 6.07) is 9.89. The summed E-state index contributed by atoms with van der Waals surface area (Å²) in [7, 11) is 1.92. The van der Waals surface area contributed by atoms with Crippen molar-refractivity contribution in [2.45, 2.75) is 37.8 Å². The number of carbonyl (C=O) groups is 1. The van der Waals surface area contributed by atoms with Crippen LogP contribution < -0.4 is 5.73 Å². The molecule has 2 aromatic rings. The molecule has 1 aliphatic carbocycles. The Morgan fingerprint density at radius 3 is 2.62 bits per heavy atom. The Labute approximate surface area is 154 Å². The third-order valence-electron chi connectivity index (χ3n) is 6.16. The number of aliphatic hydroxyl groups is 1. The molecule has 26 heavy (non-hydrogen) atoms. The van der Waals surface area contributed by atoms with E-state index in [0.29, 0.717) is 6.42 Å². The fraction of sp³-hybridized carbons (Fsp3) is 0.476. The zero-order valence-electron chi connectivity index (χ0n) is 15.3. The van der Waals surface area contributed by atoms with E-state index in [-0.39, 0.29) is 23.8 Å². The predicted molar refractivity (Wildman–Crippen MR) is 102 cm³/mol. The highest BCUT2D eigenvalue weighted by atomic mass is 16.3. The quantitative estimate of drug-likeness (QED) is 0.654. The molecule has 3 N–H and O–H groups in total. The number of hydrogen-bond acceptors (Lipinski definition) is 4. The molecule has 5 heteroatoms. The van der Waals surface area contributed by atoms with Crippen LogP contribution in [0.1, 0.15) is 34.5 Å². The summed E-state index contributed by atoms with van der Waals surface area (Å²) in [5.41, 5.74) is 10.1. The molecule has 0 unspecified atom stereocenters. The Morgan fingerprint density at radius 2 is 1.92 bits per heavy atom. The number of likely N-dealkylation sites (tertiary alicyclic amines) is 1. The summed E-state index contributed by atoms with van der Waals surface area (Å²) in [4.78, 5) is 15.1. The maximum atomic E-state index is 12.7. The molecule has 1 fully saturated rings. The number of ketones is 1. The number of anilines is 1. The Hall–Kier alpha value is -2.11.